The molecule has 1 rings (SSSR count). The Kier molecular flexibility index (Phi) is 6.31. The smallest absolute Gasteiger partial charge is 0.269 e. The first kappa shape index (κ1) is 15.8. The molecule has 0 heterocycles. The average molecular weight is 279 g/mol. The molecule has 1 aromatic carbocycles. The van der Waals surface area contributed by atoms with Crippen LogP contribution in [0.3, 0.4) is 0 Å². The van der Waals surface area contributed by atoms with Crippen LogP contribution in [0.1, 0.15) is 25.8 Å². The summed E-state index contributed by atoms with van der Waals surface area (Å²) in [5.41, 5.74) is 3.71. The number of carbonyl (C=O) groups excluding carboxylic acids is 1. The quantitative estimate of drug-likeness (QED) is 0.357. The Bertz CT molecular complexity index is 497. The maximum absolute atomic E-state index is 11.4. The van der Waals surface area contributed by atoms with Gasteiger partial charge >= 0.3 is 0 Å². The number of rotatable bonds is 7. The summed E-state index contributed by atoms with van der Waals surface area (Å²) in [7, 11) is 0. The van der Waals surface area contributed by atoms with E-state index in [9.17, 15) is 14.9 Å². The second kappa shape index (κ2) is 8.00. The van der Waals surface area contributed by atoms with Crippen molar-refractivity contribution in [2.75, 3.05) is 13.2 Å². The molecule has 7 heteroatoms. The average Bonchev–Trinajstić information content (AvgIpc) is 2.45. The molecule has 7 nitrogen and oxygen atoms in total. The molecule has 20 heavy (non-hydrogen) atoms. The van der Waals surface area contributed by atoms with Crippen LogP contribution < -0.4 is 5.43 Å². The monoisotopic (exact) mass is 279 g/mol. The number of benzene rings is 1. The lowest BCUT2D eigenvalue weighted by atomic mass is 10.1. The molecule has 0 radical (unpaired) electrons. The van der Waals surface area contributed by atoms with E-state index in [4.69, 9.17) is 4.74 Å². The van der Waals surface area contributed by atoms with Crippen molar-refractivity contribution in [1.29, 1.82) is 0 Å². The first-order valence-corrected chi connectivity index (χ1v) is 6.20. The molecule has 0 unspecified atom stereocenters. The molecule has 0 atom stereocenters. The van der Waals surface area contributed by atoms with Gasteiger partial charge in [0.05, 0.1) is 23.7 Å². The first-order chi connectivity index (χ1) is 9.54. The number of non-ortho nitro benzene ring substituents is 1. The largest absolute Gasteiger partial charge is 0.381 e. The molecule has 1 amide bonds. The summed E-state index contributed by atoms with van der Waals surface area (Å²) < 4.78 is 5.06. The topological polar surface area (TPSA) is 93.8 Å². The van der Waals surface area contributed by atoms with E-state index in [1.54, 1.807) is 19.1 Å². The molecule has 0 saturated carbocycles. The predicted molar refractivity (Wildman–Crippen MR) is 74.6 cm³/mol. The molecule has 0 aliphatic heterocycles. The lowest BCUT2D eigenvalue weighted by Gasteiger charge is -2.03. The molecule has 0 aliphatic carbocycles. The van der Waals surface area contributed by atoms with Crippen molar-refractivity contribution < 1.29 is 14.5 Å². The van der Waals surface area contributed by atoms with Crippen LogP contribution in [0.5, 0.6) is 0 Å². The minimum Gasteiger partial charge on any atom is -0.381 e. The highest BCUT2D eigenvalue weighted by Crippen LogP contribution is 2.12. The van der Waals surface area contributed by atoms with Crippen LogP contribution in [0, 0.1) is 10.1 Å². The zero-order chi connectivity index (χ0) is 15.0. The van der Waals surface area contributed by atoms with Crippen LogP contribution >= 0.6 is 0 Å². The van der Waals surface area contributed by atoms with Gasteiger partial charge in [-0.3, -0.25) is 14.9 Å². The van der Waals surface area contributed by atoms with Crippen LogP contribution in [-0.4, -0.2) is 29.8 Å². The highest BCUT2D eigenvalue weighted by Gasteiger charge is 2.06. The van der Waals surface area contributed by atoms with Crippen LogP contribution in [0.15, 0.2) is 29.4 Å². The number of nitro groups is 1. The SMILES string of the molecule is CCOCCC(=O)N/N=C(/C)c1ccc([N+](=O)[O-])cc1. The first-order valence-electron chi connectivity index (χ1n) is 6.20. The van der Waals surface area contributed by atoms with E-state index >= 15 is 0 Å². The highest BCUT2D eigenvalue weighted by atomic mass is 16.6. The van der Waals surface area contributed by atoms with E-state index in [-0.39, 0.29) is 18.0 Å². The summed E-state index contributed by atoms with van der Waals surface area (Å²) in [5, 5.41) is 14.5. The number of nitrogens with zero attached hydrogens (tertiary/aromatic N) is 2. The van der Waals surface area contributed by atoms with Gasteiger partial charge in [-0.2, -0.15) is 5.10 Å². The zero-order valence-electron chi connectivity index (χ0n) is 11.5. The van der Waals surface area contributed by atoms with Crippen LogP contribution in [-0.2, 0) is 9.53 Å². The van der Waals surface area contributed by atoms with Gasteiger partial charge in [0.25, 0.3) is 5.69 Å². The van der Waals surface area contributed by atoms with Gasteiger partial charge in [-0.05, 0) is 31.5 Å². The third kappa shape index (κ3) is 5.15. The number of amides is 1. The van der Waals surface area contributed by atoms with Crippen LogP contribution in [0.2, 0.25) is 0 Å². The number of hydrogen-bond acceptors (Lipinski definition) is 5. The minimum absolute atomic E-state index is 0.0160. The van der Waals surface area contributed by atoms with Crippen molar-refractivity contribution >= 4 is 17.3 Å². The molecule has 0 saturated heterocycles. The number of hydrogen-bond donors (Lipinski definition) is 1. The van der Waals surface area contributed by atoms with Crippen molar-refractivity contribution in [2.24, 2.45) is 5.10 Å². The Morgan fingerprint density at radius 1 is 1.40 bits per heavy atom. The number of ether oxygens (including phenoxy) is 1. The molecule has 0 spiro atoms. The summed E-state index contributed by atoms with van der Waals surface area (Å²) in [5.74, 6) is -0.236. The van der Waals surface area contributed by atoms with E-state index < -0.39 is 4.92 Å². The predicted octanol–water partition coefficient (Wildman–Crippen LogP) is 1.86. The normalized spacial score (nSPS) is 11.2. The Morgan fingerprint density at radius 3 is 2.60 bits per heavy atom. The van der Waals surface area contributed by atoms with Gasteiger partial charge in [-0.25, -0.2) is 5.43 Å². The van der Waals surface area contributed by atoms with E-state index in [0.29, 0.717) is 24.5 Å². The van der Waals surface area contributed by atoms with Crippen molar-refractivity contribution in [2.45, 2.75) is 20.3 Å². The third-order valence-corrected chi connectivity index (χ3v) is 2.52. The second-order valence-electron chi connectivity index (χ2n) is 3.98. The lowest BCUT2D eigenvalue weighted by Crippen LogP contribution is -2.20. The molecule has 0 bridgehead atoms. The van der Waals surface area contributed by atoms with Crippen molar-refractivity contribution in [3.63, 3.8) is 0 Å². The van der Waals surface area contributed by atoms with Gasteiger partial charge in [-0.1, -0.05) is 0 Å². The van der Waals surface area contributed by atoms with Gasteiger partial charge in [0.15, 0.2) is 0 Å². The number of nitro benzene ring substituents is 1. The molecule has 1 aromatic rings. The number of hydrazone groups is 1. The van der Waals surface area contributed by atoms with Gasteiger partial charge in [0, 0.05) is 18.7 Å². The van der Waals surface area contributed by atoms with E-state index in [2.05, 4.69) is 10.5 Å². The number of carbonyl (C=O) groups is 1. The Balaban J connectivity index is 2.55. The second-order valence-corrected chi connectivity index (χ2v) is 3.98. The molecule has 1 N–H and O–H groups in total. The van der Waals surface area contributed by atoms with Crippen LogP contribution in [0.25, 0.3) is 0 Å². The Morgan fingerprint density at radius 2 is 2.05 bits per heavy atom. The summed E-state index contributed by atoms with van der Waals surface area (Å²) >= 11 is 0. The van der Waals surface area contributed by atoms with Gasteiger partial charge in [0.2, 0.25) is 5.91 Å². The fraction of sp³-hybridized carbons (Fsp3) is 0.385. The molecule has 0 aliphatic rings. The summed E-state index contributed by atoms with van der Waals surface area (Å²) in [6, 6.07) is 5.96. The third-order valence-electron chi connectivity index (χ3n) is 2.52. The minimum atomic E-state index is -0.467. The van der Waals surface area contributed by atoms with Gasteiger partial charge in [0.1, 0.15) is 0 Å². The fourth-order valence-corrected chi connectivity index (χ4v) is 1.40. The lowest BCUT2D eigenvalue weighted by molar-refractivity contribution is -0.384. The van der Waals surface area contributed by atoms with Crippen molar-refractivity contribution in [3.8, 4) is 0 Å². The standard InChI is InChI=1S/C13H17N3O4/c1-3-20-9-8-13(17)15-14-10(2)11-4-6-12(7-5-11)16(18)19/h4-7H,3,8-9H2,1-2H3,(H,15,17)/b14-10-. The zero-order valence-corrected chi connectivity index (χ0v) is 11.5. The van der Waals surface area contributed by atoms with Crippen molar-refractivity contribution in [1.82, 2.24) is 5.43 Å². The van der Waals surface area contributed by atoms with Crippen molar-refractivity contribution in [3.05, 3.63) is 39.9 Å². The molecule has 108 valence electrons. The summed E-state index contributed by atoms with van der Waals surface area (Å²) in [6.45, 7) is 4.49. The number of nitrogens with one attached hydrogen (secondary N) is 1. The maximum atomic E-state index is 11.4. The molecule has 0 fully saturated rings. The Hall–Kier alpha value is -2.28. The molecule has 0 aromatic heterocycles. The van der Waals surface area contributed by atoms with E-state index in [0.717, 1.165) is 0 Å². The van der Waals surface area contributed by atoms with E-state index in [1.807, 2.05) is 6.92 Å². The summed E-state index contributed by atoms with van der Waals surface area (Å²) in [4.78, 5) is 21.5. The molecular formula is C13H17N3O4. The van der Waals surface area contributed by atoms with Gasteiger partial charge in [-0.15, -0.1) is 0 Å². The summed E-state index contributed by atoms with van der Waals surface area (Å²) in [6.07, 6.45) is 0.241. The van der Waals surface area contributed by atoms with Gasteiger partial charge < -0.3 is 4.74 Å². The highest BCUT2D eigenvalue weighted by molar-refractivity contribution is 5.99. The Labute approximate surface area is 116 Å². The fourth-order valence-electron chi connectivity index (χ4n) is 1.40. The maximum Gasteiger partial charge on any atom is 0.269 e. The van der Waals surface area contributed by atoms with E-state index in [1.165, 1.54) is 12.1 Å². The van der Waals surface area contributed by atoms with Crippen LogP contribution in [0.4, 0.5) is 5.69 Å². The molecular weight excluding hydrogens is 262 g/mol.